The molecule has 20 heavy (non-hydrogen) atoms. The number of rotatable bonds is 4. The van der Waals surface area contributed by atoms with E-state index in [1.807, 2.05) is 0 Å². The van der Waals surface area contributed by atoms with Gasteiger partial charge in [0.15, 0.2) is 11.5 Å². The van der Waals surface area contributed by atoms with Gasteiger partial charge in [0.25, 0.3) is 0 Å². The van der Waals surface area contributed by atoms with Crippen LogP contribution in [0, 0.1) is 0 Å². The van der Waals surface area contributed by atoms with Gasteiger partial charge in [-0.3, -0.25) is 0 Å². The number of hydrogen-bond acceptors (Lipinski definition) is 3. The number of benzene rings is 1. The van der Waals surface area contributed by atoms with E-state index < -0.39 is 12.8 Å². The minimum atomic E-state index is -4.31. The highest BCUT2D eigenvalue weighted by atomic mass is 79.9. The van der Waals surface area contributed by atoms with E-state index in [0.717, 1.165) is 12.0 Å². The average Bonchev–Trinajstić information content (AvgIpc) is 2.61. The molecule has 0 N–H and O–H groups in total. The Morgan fingerprint density at radius 1 is 1.20 bits per heavy atom. The Kier molecular flexibility index (Phi) is 5.15. The summed E-state index contributed by atoms with van der Waals surface area (Å²) in [6.07, 6.45) is -3.51. The van der Waals surface area contributed by atoms with Gasteiger partial charge in [0, 0.05) is 6.42 Å². The molecule has 0 radical (unpaired) electrons. The van der Waals surface area contributed by atoms with Crippen LogP contribution in [0.15, 0.2) is 18.2 Å². The summed E-state index contributed by atoms with van der Waals surface area (Å²) < 4.78 is 51.7. The second-order valence-corrected chi connectivity index (χ2v) is 5.46. The van der Waals surface area contributed by atoms with Gasteiger partial charge >= 0.3 is 6.18 Å². The van der Waals surface area contributed by atoms with E-state index >= 15 is 0 Å². The molecule has 1 aliphatic rings. The fraction of sp³-hybridized carbons (Fsp3) is 0.538. The molecule has 1 atom stereocenters. The van der Waals surface area contributed by atoms with Crippen molar-refractivity contribution in [2.75, 3.05) is 26.4 Å². The normalized spacial score (nSPS) is 16.6. The van der Waals surface area contributed by atoms with E-state index in [0.29, 0.717) is 24.7 Å². The van der Waals surface area contributed by atoms with Crippen LogP contribution in [-0.4, -0.2) is 32.6 Å². The Bertz CT molecular complexity index is 451. The molecule has 0 spiro atoms. The Morgan fingerprint density at radius 3 is 2.60 bits per heavy atom. The zero-order valence-electron chi connectivity index (χ0n) is 10.6. The maximum atomic E-state index is 12.0. The van der Waals surface area contributed by atoms with Gasteiger partial charge in [-0.2, -0.15) is 13.2 Å². The van der Waals surface area contributed by atoms with Crippen molar-refractivity contribution in [3.63, 3.8) is 0 Å². The van der Waals surface area contributed by atoms with Crippen LogP contribution in [-0.2, 0) is 4.74 Å². The second-order valence-electron chi connectivity index (χ2n) is 4.35. The SMILES string of the molecule is FC(F)(F)COCC(Br)c1ccc2c(c1)OCCCO2. The predicted octanol–water partition coefficient (Wildman–Crippen LogP) is 3.86. The molecule has 0 fully saturated rings. The molecular formula is C13H14BrF3O3. The molecule has 0 amide bonds. The number of hydrogen-bond donors (Lipinski definition) is 0. The van der Waals surface area contributed by atoms with Gasteiger partial charge < -0.3 is 14.2 Å². The molecule has 3 nitrogen and oxygen atoms in total. The third-order valence-corrected chi connectivity index (χ3v) is 3.46. The molecule has 0 aromatic heterocycles. The predicted molar refractivity (Wildman–Crippen MR) is 70.6 cm³/mol. The van der Waals surface area contributed by atoms with Crippen molar-refractivity contribution in [1.82, 2.24) is 0 Å². The number of fused-ring (bicyclic) bond motifs is 1. The number of alkyl halides is 4. The minimum Gasteiger partial charge on any atom is -0.490 e. The van der Waals surface area contributed by atoms with Crippen molar-refractivity contribution >= 4 is 15.9 Å². The Labute approximate surface area is 123 Å². The summed E-state index contributed by atoms with van der Waals surface area (Å²) in [7, 11) is 0. The van der Waals surface area contributed by atoms with Crippen LogP contribution >= 0.6 is 15.9 Å². The summed E-state index contributed by atoms with van der Waals surface area (Å²) in [5.41, 5.74) is 0.788. The molecule has 112 valence electrons. The highest BCUT2D eigenvalue weighted by Crippen LogP contribution is 2.34. The van der Waals surface area contributed by atoms with Crippen LogP contribution in [0.1, 0.15) is 16.8 Å². The molecule has 0 aliphatic carbocycles. The van der Waals surface area contributed by atoms with Crippen LogP contribution < -0.4 is 9.47 Å². The lowest BCUT2D eigenvalue weighted by atomic mass is 10.1. The topological polar surface area (TPSA) is 27.7 Å². The molecule has 1 heterocycles. The molecule has 0 bridgehead atoms. The monoisotopic (exact) mass is 354 g/mol. The van der Waals surface area contributed by atoms with Gasteiger partial charge in [0.1, 0.15) is 6.61 Å². The van der Waals surface area contributed by atoms with Crippen LogP contribution in [0.3, 0.4) is 0 Å². The third kappa shape index (κ3) is 4.56. The van der Waals surface area contributed by atoms with E-state index in [9.17, 15) is 13.2 Å². The molecule has 2 rings (SSSR count). The average molecular weight is 355 g/mol. The molecule has 0 saturated heterocycles. The first-order chi connectivity index (χ1) is 9.46. The Morgan fingerprint density at radius 2 is 1.90 bits per heavy atom. The number of ether oxygens (including phenoxy) is 3. The van der Waals surface area contributed by atoms with Crippen molar-refractivity contribution in [2.24, 2.45) is 0 Å². The maximum Gasteiger partial charge on any atom is 0.411 e. The molecule has 1 aromatic rings. The molecular weight excluding hydrogens is 341 g/mol. The highest BCUT2D eigenvalue weighted by Gasteiger charge is 2.28. The molecule has 1 aromatic carbocycles. The van der Waals surface area contributed by atoms with Gasteiger partial charge in [-0.25, -0.2) is 0 Å². The fourth-order valence-electron chi connectivity index (χ4n) is 1.75. The van der Waals surface area contributed by atoms with Crippen LogP contribution in [0.25, 0.3) is 0 Å². The lowest BCUT2D eigenvalue weighted by Crippen LogP contribution is -2.18. The summed E-state index contributed by atoms with van der Waals surface area (Å²) in [5, 5.41) is 0. The van der Waals surface area contributed by atoms with E-state index in [-0.39, 0.29) is 11.4 Å². The Balaban J connectivity index is 1.96. The van der Waals surface area contributed by atoms with E-state index in [2.05, 4.69) is 20.7 Å². The van der Waals surface area contributed by atoms with Gasteiger partial charge in [-0.15, -0.1) is 0 Å². The summed E-state index contributed by atoms with van der Waals surface area (Å²) in [4.78, 5) is -0.331. The maximum absolute atomic E-state index is 12.0. The second kappa shape index (κ2) is 6.67. The van der Waals surface area contributed by atoms with Gasteiger partial charge in [-0.05, 0) is 17.7 Å². The van der Waals surface area contributed by atoms with Crippen molar-refractivity contribution in [2.45, 2.75) is 17.4 Å². The van der Waals surface area contributed by atoms with Gasteiger partial charge in [0.2, 0.25) is 0 Å². The van der Waals surface area contributed by atoms with Crippen molar-refractivity contribution in [3.05, 3.63) is 23.8 Å². The lowest BCUT2D eigenvalue weighted by molar-refractivity contribution is -0.173. The third-order valence-electron chi connectivity index (χ3n) is 2.66. The number of halogens is 4. The first-order valence-corrected chi connectivity index (χ1v) is 7.05. The van der Waals surface area contributed by atoms with Crippen molar-refractivity contribution in [3.8, 4) is 11.5 Å². The molecule has 1 aliphatic heterocycles. The quantitative estimate of drug-likeness (QED) is 0.768. The highest BCUT2D eigenvalue weighted by molar-refractivity contribution is 9.09. The summed E-state index contributed by atoms with van der Waals surface area (Å²) in [6.45, 7) is -0.161. The van der Waals surface area contributed by atoms with Crippen LogP contribution in [0.2, 0.25) is 0 Å². The van der Waals surface area contributed by atoms with Crippen LogP contribution in [0.4, 0.5) is 13.2 Å². The fourth-order valence-corrected chi connectivity index (χ4v) is 2.22. The van der Waals surface area contributed by atoms with Gasteiger partial charge in [0.05, 0.1) is 24.6 Å². The van der Waals surface area contributed by atoms with Crippen molar-refractivity contribution in [1.29, 1.82) is 0 Å². The van der Waals surface area contributed by atoms with Gasteiger partial charge in [-0.1, -0.05) is 22.0 Å². The zero-order chi connectivity index (χ0) is 14.6. The first kappa shape index (κ1) is 15.4. The summed E-state index contributed by atoms with van der Waals surface area (Å²) in [5.74, 6) is 1.27. The molecule has 7 heteroatoms. The smallest absolute Gasteiger partial charge is 0.411 e. The zero-order valence-corrected chi connectivity index (χ0v) is 12.2. The molecule has 1 unspecified atom stereocenters. The summed E-state index contributed by atoms with van der Waals surface area (Å²) >= 11 is 3.31. The van der Waals surface area contributed by atoms with E-state index in [1.165, 1.54) is 0 Å². The standard InChI is InChI=1S/C13H14BrF3O3/c14-10(7-18-8-13(15,16)17)9-2-3-11-12(6-9)20-5-1-4-19-11/h2-3,6,10H,1,4-5,7-8H2. The lowest BCUT2D eigenvalue weighted by Gasteiger charge is -2.14. The Hall–Kier alpha value is -0.950. The molecule has 0 saturated carbocycles. The van der Waals surface area contributed by atoms with Crippen LogP contribution in [0.5, 0.6) is 11.5 Å². The van der Waals surface area contributed by atoms with E-state index in [1.54, 1.807) is 18.2 Å². The first-order valence-electron chi connectivity index (χ1n) is 6.14. The van der Waals surface area contributed by atoms with Crippen molar-refractivity contribution < 1.29 is 27.4 Å². The minimum absolute atomic E-state index is 0.0703. The van der Waals surface area contributed by atoms with E-state index in [4.69, 9.17) is 9.47 Å². The summed E-state index contributed by atoms with van der Waals surface area (Å²) in [6, 6.07) is 5.30. The largest absolute Gasteiger partial charge is 0.490 e.